The highest BCUT2D eigenvalue weighted by Crippen LogP contribution is 2.25. The van der Waals surface area contributed by atoms with E-state index in [2.05, 4.69) is 79.4 Å². The summed E-state index contributed by atoms with van der Waals surface area (Å²) in [6, 6.07) is 18.3. The normalized spacial score (nSPS) is 22.5. The van der Waals surface area contributed by atoms with E-state index in [0.717, 1.165) is 27.9 Å². The molecule has 7 aromatic rings. The lowest BCUT2D eigenvalue weighted by molar-refractivity contribution is -0.148. The molecule has 6 aromatic carbocycles. The first-order valence-electron chi connectivity index (χ1n) is 48.5. The van der Waals surface area contributed by atoms with Crippen LogP contribution in [0.25, 0.3) is 22.0 Å². The molecule has 1 fully saturated rings. The summed E-state index contributed by atoms with van der Waals surface area (Å²) in [6.07, 6.45) is -6.43. The molecular formula is C103H134N20O24S. The predicted molar refractivity (Wildman–Crippen MR) is 546 cm³/mol. The number of aromatic nitrogens is 1. The van der Waals surface area contributed by atoms with Crippen LogP contribution in [-0.4, -0.2) is 288 Å². The number of phenols is 1. The van der Waals surface area contributed by atoms with Crippen LogP contribution in [-0.2, 0) is 123 Å². The number of phenolic OH excluding ortho intramolecular Hbond substituents is 1. The van der Waals surface area contributed by atoms with Crippen molar-refractivity contribution in [3.8, 4) is 16.9 Å². The Morgan fingerprint density at radius 3 is 1.43 bits per heavy atom. The van der Waals surface area contributed by atoms with Crippen molar-refractivity contribution >= 4 is 141 Å². The number of aliphatic hydroxyl groups is 1. The van der Waals surface area contributed by atoms with Crippen LogP contribution in [0.1, 0.15) is 135 Å². The zero-order chi connectivity index (χ0) is 109. The van der Waals surface area contributed by atoms with Crippen molar-refractivity contribution in [3.63, 3.8) is 0 Å². The Morgan fingerprint density at radius 2 is 0.892 bits per heavy atom. The van der Waals surface area contributed by atoms with Crippen LogP contribution in [0.2, 0.25) is 0 Å². The van der Waals surface area contributed by atoms with E-state index >= 15 is 47.9 Å². The number of carbonyl (C=O) groups excluding carboxylic acids is 16. The number of aromatic hydroxyl groups is 1. The number of likely N-dealkylation sites (N-methyl/N-ethyl adjacent to an activating group) is 2. The summed E-state index contributed by atoms with van der Waals surface area (Å²) >= 11 is 0.625. The molecule has 16 amide bonds. The number of rotatable bonds is 31. The lowest BCUT2D eigenvalue weighted by Gasteiger charge is -2.35. The van der Waals surface area contributed by atoms with E-state index in [1.54, 1.807) is 123 Å². The summed E-state index contributed by atoms with van der Waals surface area (Å²) < 4.78 is 0. The van der Waals surface area contributed by atoms with Gasteiger partial charge in [0.2, 0.25) is 94.5 Å². The number of nitrogens with two attached hydrogens (primary N) is 2. The van der Waals surface area contributed by atoms with Crippen LogP contribution in [0.3, 0.4) is 0 Å². The molecule has 1 aliphatic heterocycles. The van der Waals surface area contributed by atoms with Gasteiger partial charge in [0, 0.05) is 88.4 Å². The molecule has 0 radical (unpaired) electrons. The van der Waals surface area contributed by atoms with E-state index in [0.29, 0.717) is 44.9 Å². The third-order valence-corrected chi connectivity index (χ3v) is 25.8. The number of carboxylic acid groups (broad SMARTS) is 3. The first-order valence-corrected chi connectivity index (χ1v) is 49.6. The topological polar surface area (TPSA) is 692 Å². The van der Waals surface area contributed by atoms with Crippen molar-refractivity contribution in [1.82, 2.24) is 89.2 Å². The number of carboxylic acids is 3. The van der Waals surface area contributed by atoms with Crippen molar-refractivity contribution in [2.45, 2.75) is 236 Å². The lowest BCUT2D eigenvalue weighted by atomic mass is 9.98. The Bertz CT molecular complexity index is 5820. The number of hydrogen-bond acceptors (Lipinski definition) is 23. The van der Waals surface area contributed by atoms with Crippen LogP contribution in [0.4, 0.5) is 0 Å². The van der Waals surface area contributed by atoms with Gasteiger partial charge in [0.25, 0.3) is 0 Å². The number of amides is 16. The fourth-order valence-electron chi connectivity index (χ4n) is 16.4. The van der Waals surface area contributed by atoms with Gasteiger partial charge >= 0.3 is 17.9 Å². The molecule has 0 saturated carbocycles. The number of fused-ring (bicyclic) bond motifs is 1. The van der Waals surface area contributed by atoms with E-state index in [9.17, 15) is 68.7 Å². The molecule has 25 N–H and O–H groups in total. The maximum Gasteiger partial charge on any atom is 0.305 e. The molecular weight excluding hydrogens is 1930 g/mol. The molecule has 0 bridgehead atoms. The number of para-hydroxylation sites is 1. The smallest absolute Gasteiger partial charge is 0.305 e. The molecule has 0 aliphatic carbocycles. The molecule has 8 rings (SSSR count). The quantitative estimate of drug-likeness (QED) is 0.0159. The maximum atomic E-state index is 15.5. The van der Waals surface area contributed by atoms with Gasteiger partial charge in [-0.15, -0.1) is 11.8 Å². The molecule has 148 heavy (non-hydrogen) atoms. The van der Waals surface area contributed by atoms with E-state index in [4.69, 9.17) is 16.9 Å². The van der Waals surface area contributed by atoms with E-state index < -0.39 is 289 Å². The van der Waals surface area contributed by atoms with E-state index in [1.165, 1.54) is 79.2 Å². The summed E-state index contributed by atoms with van der Waals surface area (Å²) in [5.41, 5.74) is 15.3. The minimum atomic E-state index is -2.13. The minimum Gasteiger partial charge on any atom is -0.508 e. The van der Waals surface area contributed by atoms with Crippen LogP contribution in [0.5, 0.6) is 5.75 Å². The van der Waals surface area contributed by atoms with Crippen molar-refractivity contribution in [2.75, 3.05) is 32.1 Å². The molecule has 0 spiro atoms. The van der Waals surface area contributed by atoms with Crippen LogP contribution in [0, 0.1) is 23.2 Å². The van der Waals surface area contributed by atoms with Gasteiger partial charge in [0.05, 0.1) is 18.3 Å². The molecule has 44 nitrogen and oxygen atoms in total. The van der Waals surface area contributed by atoms with Crippen LogP contribution in [0.15, 0.2) is 170 Å². The van der Waals surface area contributed by atoms with Gasteiger partial charge in [-0.25, -0.2) is 0 Å². The third-order valence-electron chi connectivity index (χ3n) is 24.7. The molecule has 796 valence electrons. The fourth-order valence-corrected chi connectivity index (χ4v) is 17.2. The summed E-state index contributed by atoms with van der Waals surface area (Å²) in [5, 5.41) is 96.6. The average Bonchev–Trinajstić information content (AvgIpc) is 1.47. The number of thioether (sulfide) groups is 1. The first kappa shape index (κ1) is 117. The highest BCUT2D eigenvalue weighted by atomic mass is 32.2. The lowest BCUT2D eigenvalue weighted by Crippen LogP contribution is -2.63. The number of aliphatic carboxylic acids is 3. The number of H-pyrrole nitrogens is 1. The molecule has 0 unspecified atom stereocenters. The highest BCUT2D eigenvalue weighted by Gasteiger charge is 2.43. The number of hydrogen-bond donors (Lipinski definition) is 23. The zero-order valence-electron chi connectivity index (χ0n) is 83.9. The second-order valence-corrected chi connectivity index (χ2v) is 38.6. The van der Waals surface area contributed by atoms with Crippen LogP contribution < -0.4 is 85.9 Å². The number of carbonyl (C=O) groups is 19. The Labute approximate surface area is 859 Å². The van der Waals surface area contributed by atoms with Gasteiger partial charge in [-0.2, -0.15) is 0 Å². The van der Waals surface area contributed by atoms with Crippen molar-refractivity contribution in [1.29, 1.82) is 5.41 Å². The molecule has 2 heterocycles. The number of nitrogens with one attached hydrogen (secondary N) is 16. The van der Waals surface area contributed by atoms with Gasteiger partial charge in [-0.05, 0) is 121 Å². The molecule has 45 heteroatoms. The summed E-state index contributed by atoms with van der Waals surface area (Å²) in [5.74, 6) is -26.3. The zero-order valence-corrected chi connectivity index (χ0v) is 84.7. The van der Waals surface area contributed by atoms with Gasteiger partial charge in [-0.3, -0.25) is 96.5 Å². The molecule has 16 atom stereocenters. The second kappa shape index (κ2) is 57.2. The van der Waals surface area contributed by atoms with Gasteiger partial charge in [0.15, 0.2) is 5.96 Å². The molecule has 1 saturated heterocycles. The first-order chi connectivity index (χ1) is 70.1. The van der Waals surface area contributed by atoms with Crippen LogP contribution >= 0.6 is 11.8 Å². The highest BCUT2D eigenvalue weighted by molar-refractivity contribution is 8.00. The second-order valence-electron chi connectivity index (χ2n) is 37.5. The van der Waals surface area contributed by atoms with Crippen molar-refractivity contribution < 1.29 is 117 Å². The van der Waals surface area contributed by atoms with Gasteiger partial charge in [-0.1, -0.05) is 187 Å². The minimum absolute atomic E-state index is 0.00545. The van der Waals surface area contributed by atoms with Crippen molar-refractivity contribution in [2.24, 2.45) is 29.2 Å². The monoisotopic (exact) mass is 2070 g/mol. The average molecular weight is 2070 g/mol. The SMILES string of the molecule is CC(C)C[C@@H]1NC(=O)[C@H](CCCNC(=N)N)NC(=O)[C@H](Cc2ccccc2)N(C)C(=O)[C@H](C)N(C)C(=O)[C@H](CCC(=O)O)NC(=O)[C@H](Cc2ccc(-c3ccccc3)cc2)NC(=O)[C@H](C(C)C)NC(=O)[C@H](Cc2c[nH]c3ccccc23)NC(=O)[C@H](CC(=O)O)NC(=O)[C@H](Cc2ccc(O)cc2)NC(=O)[C@H](Cc2ccccc2)NC(=O)CSC[C@@H](C(=O)N[C@@H](CCC(=O)O)C(N)=O)NC(=O)[C@H]([C@@H](C)O)NC(=O)[C@H](C(C)C)NC1=O. The molecule has 1 aromatic heterocycles. The van der Waals surface area contributed by atoms with Crippen molar-refractivity contribution in [3.05, 3.63) is 198 Å². The summed E-state index contributed by atoms with van der Waals surface area (Å²) in [6.45, 7) is 11.8. The number of primary amides is 1. The van der Waals surface area contributed by atoms with Gasteiger partial charge in [0.1, 0.15) is 96.4 Å². The van der Waals surface area contributed by atoms with Gasteiger partial charge < -0.3 is 126 Å². The standard InChI is InChI=1S/C103H134N20O24S/c1-55(2)45-73-94(139)120-86(57(5)6)99(144)121-87(59(8)124)100(145)118-79(96(141)110-70(88(104)133)40-42-82(127)128)53-148-54-81(126)109-74(46-60-23-14-11-15-24-60)90(135)114-75(48-63-34-38-67(125)39-35-63)92(137)116-78(51-84(131)132)93(138)115-77(50-66-52-108-69-30-21-20-29-68(66)69)95(140)119-85(56(3)4)98(143)117-76(47-62-32-36-65(37-33-62)64-27-18-13-19-28-64)91(136)112-72(41-43-83(129)130)102(147)122(9)58(7)101(146)123(10)80(49-61-25-16-12-17-26-61)97(142)111-71(89(134)113-73)31-22-44-107-103(105)106/h11-21,23-30,32-39,52,55-59,70-80,85-87,108,124-125H,22,31,40-51,53-54H2,1-10H3,(H2,104,133)(H,109,126)(H,110,141)(H,111,142)(H,112,136)(H,113,134)(H,114,135)(H,115,138)(H,116,137)(H,117,143)(H,118,145)(H,119,140)(H,120,139)(H,121,144)(H,127,128)(H,129,130)(H,131,132)(H4,105,106,107)/t58-,59+,70-,71-,72-,73-,74-,75-,76-,77-,78-,79-,80-,85-,86-,87-/m0/s1. The number of aliphatic hydroxyl groups excluding tert-OH is 1. The third kappa shape index (κ3) is 36.7. The predicted octanol–water partition coefficient (Wildman–Crippen LogP) is 0.469. The fraction of sp³-hybridized carbons (Fsp3) is 0.437. The summed E-state index contributed by atoms with van der Waals surface area (Å²) in [7, 11) is 2.43. The Balaban J connectivity index is 1.25. The Hall–Kier alpha value is -15.8. The number of nitrogens with zero attached hydrogens (tertiary/aromatic N) is 2. The maximum absolute atomic E-state index is 15.5. The van der Waals surface area contributed by atoms with E-state index in [-0.39, 0.29) is 56.4 Å². The largest absolute Gasteiger partial charge is 0.508 e. The molecule has 1 aliphatic rings. The Morgan fingerprint density at radius 1 is 0.453 bits per heavy atom. The number of benzene rings is 6. The Kier molecular flexibility index (Phi) is 45.4. The number of guanidine groups is 1. The van der Waals surface area contributed by atoms with E-state index in [1.807, 2.05) is 30.3 Å². The summed E-state index contributed by atoms with van der Waals surface area (Å²) in [4.78, 5) is 282. The number of aromatic amines is 1.